The Hall–Kier alpha value is -1.06. The molecular weight excluding hydrogens is 218 g/mol. The molecule has 0 radical (unpaired) electrons. The van der Waals surface area contributed by atoms with E-state index in [2.05, 4.69) is 19.2 Å². The average Bonchev–Trinajstić information content (AvgIpc) is 2.16. The molecule has 0 saturated carbocycles. The van der Waals surface area contributed by atoms with E-state index in [0.29, 0.717) is 12.5 Å². The standard InChI is InChI=1S/C13H25NO3/c1-5-7-10(3)8-12(14-11(4)15)9-13(16)17-6-2/h10,12H,5-9H2,1-4H3,(H,14,15)/t10-,12-/m1/s1. The molecule has 0 unspecified atom stereocenters. The first-order valence-electron chi connectivity index (χ1n) is 6.42. The zero-order valence-corrected chi connectivity index (χ0v) is 11.4. The Labute approximate surface area is 104 Å². The summed E-state index contributed by atoms with van der Waals surface area (Å²) in [6.07, 6.45) is 3.32. The summed E-state index contributed by atoms with van der Waals surface area (Å²) in [5.41, 5.74) is 0. The number of nitrogens with one attached hydrogen (secondary N) is 1. The first-order valence-corrected chi connectivity index (χ1v) is 6.42. The second-order valence-corrected chi connectivity index (χ2v) is 4.54. The minimum absolute atomic E-state index is 0.0944. The molecule has 0 aromatic rings. The van der Waals surface area contributed by atoms with E-state index in [0.717, 1.165) is 19.3 Å². The Balaban J connectivity index is 4.22. The molecule has 0 heterocycles. The van der Waals surface area contributed by atoms with Crippen molar-refractivity contribution in [1.29, 1.82) is 0 Å². The lowest BCUT2D eigenvalue weighted by Crippen LogP contribution is -2.36. The minimum atomic E-state index is -0.241. The number of hydrogen-bond donors (Lipinski definition) is 1. The second-order valence-electron chi connectivity index (χ2n) is 4.54. The molecule has 100 valence electrons. The molecule has 0 rings (SSSR count). The molecule has 0 aromatic heterocycles. The van der Waals surface area contributed by atoms with Crippen molar-refractivity contribution < 1.29 is 14.3 Å². The fourth-order valence-electron chi connectivity index (χ4n) is 2.00. The van der Waals surface area contributed by atoms with Crippen molar-refractivity contribution in [2.75, 3.05) is 6.61 Å². The van der Waals surface area contributed by atoms with Crippen LogP contribution in [0.2, 0.25) is 0 Å². The van der Waals surface area contributed by atoms with E-state index in [1.807, 2.05) is 0 Å². The summed E-state index contributed by atoms with van der Waals surface area (Å²) in [6.45, 7) is 7.92. The smallest absolute Gasteiger partial charge is 0.307 e. The van der Waals surface area contributed by atoms with Crippen LogP contribution in [0.15, 0.2) is 0 Å². The van der Waals surface area contributed by atoms with Crippen molar-refractivity contribution >= 4 is 11.9 Å². The molecule has 17 heavy (non-hydrogen) atoms. The molecule has 0 aliphatic rings. The van der Waals surface area contributed by atoms with Gasteiger partial charge in [0.25, 0.3) is 0 Å². The Morgan fingerprint density at radius 2 is 1.94 bits per heavy atom. The van der Waals surface area contributed by atoms with Gasteiger partial charge in [0.1, 0.15) is 0 Å². The van der Waals surface area contributed by atoms with Gasteiger partial charge in [-0.3, -0.25) is 9.59 Å². The van der Waals surface area contributed by atoms with Gasteiger partial charge in [-0.15, -0.1) is 0 Å². The van der Waals surface area contributed by atoms with Crippen LogP contribution in [0.5, 0.6) is 0 Å². The monoisotopic (exact) mass is 243 g/mol. The maximum absolute atomic E-state index is 11.4. The minimum Gasteiger partial charge on any atom is -0.466 e. The fourth-order valence-corrected chi connectivity index (χ4v) is 2.00. The van der Waals surface area contributed by atoms with Crippen molar-refractivity contribution in [1.82, 2.24) is 5.32 Å². The van der Waals surface area contributed by atoms with Gasteiger partial charge in [-0.1, -0.05) is 26.7 Å². The molecule has 2 atom stereocenters. The van der Waals surface area contributed by atoms with Gasteiger partial charge >= 0.3 is 5.97 Å². The van der Waals surface area contributed by atoms with Crippen LogP contribution in [0.25, 0.3) is 0 Å². The highest BCUT2D eigenvalue weighted by Gasteiger charge is 2.18. The molecule has 4 nitrogen and oxygen atoms in total. The number of hydrogen-bond acceptors (Lipinski definition) is 3. The SMILES string of the molecule is CCC[C@@H](C)C[C@H](CC(=O)OCC)NC(C)=O. The first-order chi connectivity index (χ1) is 7.99. The maximum atomic E-state index is 11.4. The molecule has 0 aliphatic carbocycles. The number of carbonyl (C=O) groups is 2. The summed E-state index contributed by atoms with van der Waals surface area (Å²) in [5.74, 6) is 0.171. The van der Waals surface area contributed by atoms with E-state index < -0.39 is 0 Å². The number of rotatable bonds is 8. The van der Waals surface area contributed by atoms with E-state index in [1.165, 1.54) is 6.92 Å². The molecule has 1 amide bonds. The van der Waals surface area contributed by atoms with Crippen LogP contribution in [0.4, 0.5) is 0 Å². The third-order valence-electron chi connectivity index (χ3n) is 2.59. The van der Waals surface area contributed by atoms with Crippen LogP contribution < -0.4 is 5.32 Å². The topological polar surface area (TPSA) is 55.4 Å². The van der Waals surface area contributed by atoms with Gasteiger partial charge in [0, 0.05) is 13.0 Å². The number of carbonyl (C=O) groups excluding carboxylic acids is 2. The third kappa shape index (κ3) is 8.72. The van der Waals surface area contributed by atoms with Crippen LogP contribution in [0.1, 0.15) is 53.4 Å². The van der Waals surface area contributed by atoms with E-state index >= 15 is 0 Å². The van der Waals surface area contributed by atoms with Gasteiger partial charge in [0.2, 0.25) is 5.91 Å². The summed E-state index contributed by atoms with van der Waals surface area (Å²) >= 11 is 0. The largest absolute Gasteiger partial charge is 0.466 e. The van der Waals surface area contributed by atoms with E-state index in [9.17, 15) is 9.59 Å². The summed E-state index contributed by atoms with van der Waals surface area (Å²) in [4.78, 5) is 22.5. The predicted octanol–water partition coefficient (Wildman–Crippen LogP) is 2.27. The molecule has 0 saturated heterocycles. The molecule has 0 bridgehead atoms. The Morgan fingerprint density at radius 3 is 2.41 bits per heavy atom. The number of esters is 1. The van der Waals surface area contributed by atoms with Crippen LogP contribution in [-0.4, -0.2) is 24.5 Å². The lowest BCUT2D eigenvalue weighted by Gasteiger charge is -2.20. The molecule has 0 spiro atoms. The maximum Gasteiger partial charge on any atom is 0.307 e. The fraction of sp³-hybridized carbons (Fsp3) is 0.846. The van der Waals surface area contributed by atoms with Gasteiger partial charge in [0.05, 0.1) is 13.0 Å². The lowest BCUT2D eigenvalue weighted by atomic mass is 9.95. The lowest BCUT2D eigenvalue weighted by molar-refractivity contribution is -0.143. The third-order valence-corrected chi connectivity index (χ3v) is 2.59. The summed E-state index contributed by atoms with van der Waals surface area (Å²) in [5, 5.41) is 2.82. The van der Waals surface area contributed by atoms with Gasteiger partial charge in [-0.2, -0.15) is 0 Å². The first kappa shape index (κ1) is 15.9. The zero-order valence-electron chi connectivity index (χ0n) is 11.4. The summed E-state index contributed by atoms with van der Waals surface area (Å²) in [6, 6.07) is -0.104. The highest BCUT2D eigenvalue weighted by molar-refractivity contribution is 5.75. The molecule has 0 fully saturated rings. The molecule has 0 aromatic carbocycles. The molecule has 0 aliphatic heterocycles. The number of amides is 1. The van der Waals surface area contributed by atoms with Gasteiger partial charge in [-0.05, 0) is 19.3 Å². The summed E-state index contributed by atoms with van der Waals surface area (Å²) < 4.78 is 4.91. The molecule has 1 N–H and O–H groups in total. The van der Waals surface area contributed by atoms with Crippen LogP contribution in [-0.2, 0) is 14.3 Å². The normalized spacial score (nSPS) is 13.9. The van der Waals surface area contributed by atoms with E-state index in [-0.39, 0.29) is 24.3 Å². The summed E-state index contributed by atoms with van der Waals surface area (Å²) in [7, 11) is 0. The van der Waals surface area contributed by atoms with Gasteiger partial charge in [0.15, 0.2) is 0 Å². The Morgan fingerprint density at radius 1 is 1.29 bits per heavy atom. The van der Waals surface area contributed by atoms with Crippen LogP contribution in [0, 0.1) is 5.92 Å². The highest BCUT2D eigenvalue weighted by atomic mass is 16.5. The van der Waals surface area contributed by atoms with Crippen molar-refractivity contribution in [2.24, 2.45) is 5.92 Å². The highest BCUT2D eigenvalue weighted by Crippen LogP contribution is 2.15. The Kier molecular flexibility index (Phi) is 8.46. The predicted molar refractivity (Wildman–Crippen MR) is 67.5 cm³/mol. The molecular formula is C13H25NO3. The molecule has 4 heteroatoms. The van der Waals surface area contributed by atoms with Crippen molar-refractivity contribution in [3.63, 3.8) is 0 Å². The van der Waals surface area contributed by atoms with Crippen molar-refractivity contribution in [3.8, 4) is 0 Å². The van der Waals surface area contributed by atoms with Crippen molar-refractivity contribution in [3.05, 3.63) is 0 Å². The Bertz CT molecular complexity index is 241. The van der Waals surface area contributed by atoms with Gasteiger partial charge in [-0.25, -0.2) is 0 Å². The van der Waals surface area contributed by atoms with Gasteiger partial charge < -0.3 is 10.1 Å². The number of ether oxygens (including phenoxy) is 1. The zero-order chi connectivity index (χ0) is 13.3. The van der Waals surface area contributed by atoms with E-state index in [4.69, 9.17) is 4.74 Å². The van der Waals surface area contributed by atoms with Crippen LogP contribution in [0.3, 0.4) is 0 Å². The van der Waals surface area contributed by atoms with E-state index in [1.54, 1.807) is 6.92 Å². The quantitative estimate of drug-likeness (QED) is 0.665. The van der Waals surface area contributed by atoms with Crippen LogP contribution >= 0.6 is 0 Å². The second kappa shape index (κ2) is 9.02. The average molecular weight is 243 g/mol. The van der Waals surface area contributed by atoms with Crippen molar-refractivity contribution in [2.45, 2.75) is 59.4 Å².